The summed E-state index contributed by atoms with van der Waals surface area (Å²) in [6.45, 7) is 2.49. The molecule has 5 nitrogen and oxygen atoms in total. The first-order valence-corrected chi connectivity index (χ1v) is 10.7. The van der Waals surface area contributed by atoms with Gasteiger partial charge in [0.05, 0.1) is 11.5 Å². The van der Waals surface area contributed by atoms with Gasteiger partial charge in [-0.25, -0.2) is 13.2 Å². The maximum Gasteiger partial charge on any atom is 0.322 e. The molecule has 1 aliphatic rings. The monoisotopic (exact) mass is 372 g/mol. The van der Waals surface area contributed by atoms with Crippen LogP contribution in [0.3, 0.4) is 0 Å². The molecular weight excluding hydrogens is 348 g/mol. The standard InChI is InChI=1S/C20H24N2O3S/c1-2-16-8-10-17(11-9-16)14-22(19-12-13-26(24,25)15-19)20(23)21-18-6-4-3-5-7-18/h3-11,19H,2,12-15H2,1H3,(H,21,23). The van der Waals surface area contributed by atoms with Gasteiger partial charge in [-0.05, 0) is 36.1 Å². The van der Waals surface area contributed by atoms with Crippen LogP contribution in [-0.2, 0) is 22.8 Å². The molecule has 0 aromatic heterocycles. The lowest BCUT2D eigenvalue weighted by Gasteiger charge is -2.28. The third kappa shape index (κ3) is 4.64. The first-order chi connectivity index (χ1) is 12.5. The molecule has 1 heterocycles. The zero-order chi connectivity index (χ0) is 18.6. The summed E-state index contributed by atoms with van der Waals surface area (Å²) in [5.74, 6) is 0.170. The van der Waals surface area contributed by atoms with Crippen molar-refractivity contribution in [3.63, 3.8) is 0 Å². The Morgan fingerprint density at radius 1 is 1.08 bits per heavy atom. The van der Waals surface area contributed by atoms with Gasteiger partial charge in [0.25, 0.3) is 0 Å². The van der Waals surface area contributed by atoms with Gasteiger partial charge in [0, 0.05) is 18.3 Å². The number of hydrogen-bond acceptors (Lipinski definition) is 3. The molecule has 1 unspecified atom stereocenters. The lowest BCUT2D eigenvalue weighted by molar-refractivity contribution is 0.190. The average molecular weight is 372 g/mol. The van der Waals surface area contributed by atoms with E-state index in [2.05, 4.69) is 12.2 Å². The SMILES string of the molecule is CCc1ccc(CN(C(=O)Nc2ccccc2)C2CCS(=O)(=O)C2)cc1. The van der Waals surface area contributed by atoms with Gasteiger partial charge in [0.2, 0.25) is 0 Å². The first kappa shape index (κ1) is 18.5. The minimum Gasteiger partial charge on any atom is -0.316 e. The molecule has 1 saturated heterocycles. The smallest absolute Gasteiger partial charge is 0.316 e. The number of urea groups is 1. The molecule has 6 heteroatoms. The summed E-state index contributed by atoms with van der Waals surface area (Å²) in [7, 11) is -3.07. The van der Waals surface area contributed by atoms with E-state index in [0.29, 0.717) is 18.7 Å². The minimum atomic E-state index is -3.07. The Bertz CT molecular complexity index is 848. The van der Waals surface area contributed by atoms with Gasteiger partial charge in [-0.15, -0.1) is 0 Å². The Morgan fingerprint density at radius 3 is 2.31 bits per heavy atom. The summed E-state index contributed by atoms with van der Waals surface area (Å²) in [6, 6.07) is 16.8. The van der Waals surface area contributed by atoms with Crippen LogP contribution in [0.15, 0.2) is 54.6 Å². The number of aryl methyl sites for hydroxylation is 1. The fraction of sp³-hybridized carbons (Fsp3) is 0.350. The van der Waals surface area contributed by atoms with E-state index in [4.69, 9.17) is 0 Å². The number of carbonyl (C=O) groups excluding carboxylic acids is 1. The number of benzene rings is 2. The number of hydrogen-bond donors (Lipinski definition) is 1. The molecule has 3 rings (SSSR count). The second-order valence-electron chi connectivity index (χ2n) is 6.65. The van der Waals surface area contributed by atoms with Gasteiger partial charge >= 0.3 is 6.03 Å². The summed E-state index contributed by atoms with van der Waals surface area (Å²) in [4.78, 5) is 14.5. The summed E-state index contributed by atoms with van der Waals surface area (Å²) >= 11 is 0. The van der Waals surface area contributed by atoms with E-state index in [1.165, 1.54) is 5.56 Å². The largest absolute Gasteiger partial charge is 0.322 e. The fourth-order valence-corrected chi connectivity index (χ4v) is 4.91. The van der Waals surface area contributed by atoms with E-state index in [1.807, 2.05) is 54.6 Å². The average Bonchev–Trinajstić information content (AvgIpc) is 3.00. The van der Waals surface area contributed by atoms with E-state index >= 15 is 0 Å². The summed E-state index contributed by atoms with van der Waals surface area (Å²) in [5.41, 5.74) is 2.93. The van der Waals surface area contributed by atoms with Crippen molar-refractivity contribution in [1.29, 1.82) is 0 Å². The summed E-state index contributed by atoms with van der Waals surface area (Å²) < 4.78 is 23.8. The van der Waals surface area contributed by atoms with Crippen LogP contribution in [0.1, 0.15) is 24.5 Å². The highest BCUT2D eigenvalue weighted by atomic mass is 32.2. The first-order valence-electron chi connectivity index (χ1n) is 8.88. The number of nitrogens with zero attached hydrogens (tertiary/aromatic N) is 1. The molecule has 1 aliphatic heterocycles. The van der Waals surface area contributed by atoms with Crippen molar-refractivity contribution in [2.24, 2.45) is 0 Å². The highest BCUT2D eigenvalue weighted by Gasteiger charge is 2.34. The van der Waals surface area contributed by atoms with Crippen LogP contribution in [0.25, 0.3) is 0 Å². The van der Waals surface area contributed by atoms with E-state index in [-0.39, 0.29) is 23.6 Å². The van der Waals surface area contributed by atoms with Gasteiger partial charge in [0.15, 0.2) is 9.84 Å². The number of nitrogens with one attached hydrogen (secondary N) is 1. The maximum atomic E-state index is 12.9. The van der Waals surface area contributed by atoms with Gasteiger partial charge in [-0.2, -0.15) is 0 Å². The molecule has 1 atom stereocenters. The molecule has 0 aliphatic carbocycles. The van der Waals surface area contributed by atoms with Crippen LogP contribution >= 0.6 is 0 Å². The molecular formula is C20H24N2O3S. The number of anilines is 1. The molecule has 1 N–H and O–H groups in total. The molecule has 2 aromatic carbocycles. The minimum absolute atomic E-state index is 0.0300. The van der Waals surface area contributed by atoms with Crippen LogP contribution < -0.4 is 5.32 Å². The molecule has 0 radical (unpaired) electrons. The molecule has 0 saturated carbocycles. The molecule has 26 heavy (non-hydrogen) atoms. The van der Waals surface area contributed by atoms with Gasteiger partial charge in [-0.3, -0.25) is 0 Å². The van der Waals surface area contributed by atoms with Gasteiger partial charge in [0.1, 0.15) is 0 Å². The van der Waals surface area contributed by atoms with Gasteiger partial charge in [-0.1, -0.05) is 49.4 Å². The Labute approximate surface area is 154 Å². The number of para-hydroxylation sites is 1. The van der Waals surface area contributed by atoms with E-state index in [9.17, 15) is 13.2 Å². The maximum absolute atomic E-state index is 12.9. The molecule has 0 bridgehead atoms. The molecule has 2 aromatic rings. The predicted octanol–water partition coefficient (Wildman–Crippen LogP) is 3.47. The van der Waals surface area contributed by atoms with Crippen molar-refractivity contribution in [3.05, 3.63) is 65.7 Å². The molecule has 2 amide bonds. The lowest BCUT2D eigenvalue weighted by Crippen LogP contribution is -2.43. The number of amides is 2. The molecule has 138 valence electrons. The quantitative estimate of drug-likeness (QED) is 0.874. The highest BCUT2D eigenvalue weighted by Crippen LogP contribution is 2.22. The van der Waals surface area contributed by atoms with E-state index in [1.54, 1.807) is 4.90 Å². The predicted molar refractivity (Wildman–Crippen MR) is 104 cm³/mol. The van der Waals surface area contributed by atoms with Gasteiger partial charge < -0.3 is 10.2 Å². The Kier molecular flexibility index (Phi) is 5.61. The van der Waals surface area contributed by atoms with Crippen molar-refractivity contribution in [3.8, 4) is 0 Å². The highest BCUT2D eigenvalue weighted by molar-refractivity contribution is 7.91. The van der Waals surface area contributed by atoms with Crippen molar-refractivity contribution < 1.29 is 13.2 Å². The lowest BCUT2D eigenvalue weighted by atomic mass is 10.1. The third-order valence-electron chi connectivity index (χ3n) is 4.72. The van der Waals surface area contributed by atoms with E-state index < -0.39 is 9.84 Å². The topological polar surface area (TPSA) is 66.5 Å². The summed E-state index contributed by atoms with van der Waals surface area (Å²) in [5, 5.41) is 2.88. The van der Waals surface area contributed by atoms with Crippen LogP contribution in [-0.4, -0.2) is 36.9 Å². The molecule has 0 spiro atoms. The zero-order valence-electron chi connectivity index (χ0n) is 14.9. The van der Waals surface area contributed by atoms with Crippen LogP contribution in [0.2, 0.25) is 0 Å². The Morgan fingerprint density at radius 2 is 1.73 bits per heavy atom. The van der Waals surface area contributed by atoms with Crippen molar-refractivity contribution >= 4 is 21.6 Å². The van der Waals surface area contributed by atoms with E-state index in [0.717, 1.165) is 12.0 Å². The van der Waals surface area contributed by atoms with Crippen LogP contribution in [0.5, 0.6) is 0 Å². The fourth-order valence-electron chi connectivity index (χ4n) is 3.18. The number of sulfone groups is 1. The Balaban J connectivity index is 1.79. The second-order valence-corrected chi connectivity index (χ2v) is 8.88. The number of rotatable bonds is 5. The summed E-state index contributed by atoms with van der Waals surface area (Å²) in [6.07, 6.45) is 1.44. The van der Waals surface area contributed by atoms with Crippen LogP contribution in [0.4, 0.5) is 10.5 Å². The van der Waals surface area contributed by atoms with Crippen molar-refractivity contribution in [2.45, 2.75) is 32.4 Å². The van der Waals surface area contributed by atoms with Crippen molar-refractivity contribution in [2.75, 3.05) is 16.8 Å². The zero-order valence-corrected chi connectivity index (χ0v) is 15.7. The normalized spacial score (nSPS) is 18.4. The third-order valence-corrected chi connectivity index (χ3v) is 6.47. The van der Waals surface area contributed by atoms with Crippen molar-refractivity contribution in [1.82, 2.24) is 4.90 Å². The molecule has 1 fully saturated rings. The second kappa shape index (κ2) is 7.91. The van der Waals surface area contributed by atoms with Crippen LogP contribution in [0, 0.1) is 0 Å². The number of carbonyl (C=O) groups is 1. The Hall–Kier alpha value is -2.34.